The van der Waals surface area contributed by atoms with Crippen molar-refractivity contribution in [1.82, 2.24) is 5.32 Å². The number of hydrogen-bond acceptors (Lipinski definition) is 5. The van der Waals surface area contributed by atoms with Crippen LogP contribution in [0.3, 0.4) is 0 Å². The van der Waals surface area contributed by atoms with Crippen LogP contribution in [0.25, 0.3) is 6.08 Å². The van der Waals surface area contributed by atoms with Gasteiger partial charge in [-0.05, 0) is 36.6 Å². The first-order valence-electron chi connectivity index (χ1n) is 7.35. The summed E-state index contributed by atoms with van der Waals surface area (Å²) in [5.74, 6) is -1.14. The monoisotopic (exact) mass is 313 g/mol. The Bertz CT molecular complexity index is 653. The summed E-state index contributed by atoms with van der Waals surface area (Å²) in [6.07, 6.45) is 3.37. The van der Waals surface area contributed by atoms with Gasteiger partial charge < -0.3 is 15.0 Å². The van der Waals surface area contributed by atoms with Crippen LogP contribution in [0.5, 0.6) is 0 Å². The van der Waals surface area contributed by atoms with Gasteiger partial charge in [0.1, 0.15) is 11.6 Å². The van der Waals surface area contributed by atoms with E-state index in [1.165, 1.54) is 6.08 Å². The van der Waals surface area contributed by atoms with E-state index in [4.69, 9.17) is 10.00 Å². The highest BCUT2D eigenvalue weighted by Crippen LogP contribution is 2.18. The van der Waals surface area contributed by atoms with Crippen LogP contribution in [0, 0.1) is 11.3 Å². The van der Waals surface area contributed by atoms with Crippen LogP contribution < -0.4 is 10.2 Å². The fourth-order valence-corrected chi connectivity index (χ4v) is 1.88. The Labute approximate surface area is 135 Å². The number of anilines is 1. The summed E-state index contributed by atoms with van der Waals surface area (Å²) < 4.78 is 4.87. The van der Waals surface area contributed by atoms with Crippen molar-refractivity contribution in [2.24, 2.45) is 0 Å². The van der Waals surface area contributed by atoms with Gasteiger partial charge in [-0.3, -0.25) is 4.79 Å². The van der Waals surface area contributed by atoms with E-state index in [9.17, 15) is 9.59 Å². The lowest BCUT2D eigenvalue weighted by Crippen LogP contribution is -2.30. The van der Waals surface area contributed by atoms with E-state index in [2.05, 4.69) is 5.32 Å². The molecule has 0 heterocycles. The van der Waals surface area contributed by atoms with Gasteiger partial charge in [-0.25, -0.2) is 4.79 Å². The number of benzene rings is 1. The molecule has 1 fully saturated rings. The molecule has 1 saturated carbocycles. The molecule has 0 spiro atoms. The molecule has 0 radical (unpaired) electrons. The summed E-state index contributed by atoms with van der Waals surface area (Å²) in [4.78, 5) is 25.3. The third-order valence-electron chi connectivity index (χ3n) is 3.34. The number of amides is 1. The van der Waals surface area contributed by atoms with Gasteiger partial charge in [0.2, 0.25) is 0 Å². The highest BCUT2D eigenvalue weighted by Gasteiger charge is 2.23. The summed E-state index contributed by atoms with van der Waals surface area (Å²) in [5, 5.41) is 11.8. The maximum Gasteiger partial charge on any atom is 0.349 e. The molecule has 0 aromatic heterocycles. The van der Waals surface area contributed by atoms with Crippen LogP contribution in [-0.2, 0) is 14.3 Å². The molecule has 1 aliphatic carbocycles. The minimum atomic E-state index is -0.796. The average molecular weight is 313 g/mol. The summed E-state index contributed by atoms with van der Waals surface area (Å²) in [5.41, 5.74) is 1.59. The van der Waals surface area contributed by atoms with Crippen molar-refractivity contribution in [3.63, 3.8) is 0 Å². The number of rotatable bonds is 6. The SMILES string of the molecule is CN(C)c1ccc(C=C(C#N)C(=O)OCC(=O)NC2CC2)cc1. The minimum absolute atomic E-state index is 0.137. The lowest BCUT2D eigenvalue weighted by molar-refractivity contribution is -0.144. The molecule has 6 heteroatoms. The van der Waals surface area contributed by atoms with Crippen molar-refractivity contribution in [1.29, 1.82) is 5.26 Å². The van der Waals surface area contributed by atoms with Gasteiger partial charge in [0, 0.05) is 25.8 Å². The van der Waals surface area contributed by atoms with Gasteiger partial charge in [0.25, 0.3) is 5.91 Å². The van der Waals surface area contributed by atoms with Crippen LogP contribution in [0.2, 0.25) is 0 Å². The number of carbonyl (C=O) groups excluding carboxylic acids is 2. The molecule has 1 aromatic rings. The van der Waals surface area contributed by atoms with Crippen molar-refractivity contribution in [3.05, 3.63) is 35.4 Å². The average Bonchev–Trinajstić information content (AvgIpc) is 3.34. The smallest absolute Gasteiger partial charge is 0.349 e. The standard InChI is InChI=1S/C17H19N3O3/c1-20(2)15-7-3-12(4-8-15)9-13(10-18)17(22)23-11-16(21)19-14-5-6-14/h3-4,7-9,14H,5-6,11H2,1-2H3,(H,19,21). The quantitative estimate of drug-likeness (QED) is 0.489. The first-order valence-corrected chi connectivity index (χ1v) is 7.35. The van der Waals surface area contributed by atoms with Crippen LogP contribution >= 0.6 is 0 Å². The normalized spacial score (nSPS) is 13.9. The Morgan fingerprint density at radius 1 is 1.35 bits per heavy atom. The molecular weight excluding hydrogens is 294 g/mol. The molecule has 0 bridgehead atoms. The highest BCUT2D eigenvalue weighted by atomic mass is 16.5. The fourth-order valence-electron chi connectivity index (χ4n) is 1.88. The second-order valence-electron chi connectivity index (χ2n) is 5.57. The number of esters is 1. The molecule has 0 atom stereocenters. The van der Waals surface area contributed by atoms with Crippen LogP contribution in [-0.4, -0.2) is 38.6 Å². The predicted molar refractivity (Wildman–Crippen MR) is 86.5 cm³/mol. The topological polar surface area (TPSA) is 82.4 Å². The summed E-state index contributed by atoms with van der Waals surface area (Å²) in [6.45, 7) is -0.367. The molecule has 1 aliphatic rings. The fraction of sp³-hybridized carbons (Fsp3) is 0.353. The van der Waals surface area contributed by atoms with Crippen molar-refractivity contribution in [2.75, 3.05) is 25.6 Å². The maximum absolute atomic E-state index is 11.9. The number of hydrogen-bond donors (Lipinski definition) is 1. The lowest BCUT2D eigenvalue weighted by Gasteiger charge is -2.11. The summed E-state index contributed by atoms with van der Waals surface area (Å²) in [7, 11) is 3.85. The second-order valence-corrected chi connectivity index (χ2v) is 5.57. The van der Waals surface area contributed by atoms with Gasteiger partial charge in [0.15, 0.2) is 6.61 Å². The Balaban J connectivity index is 1.95. The van der Waals surface area contributed by atoms with E-state index in [-0.39, 0.29) is 24.1 Å². The number of nitrogens with one attached hydrogen (secondary N) is 1. The first kappa shape index (κ1) is 16.6. The van der Waals surface area contributed by atoms with E-state index in [0.717, 1.165) is 18.5 Å². The van der Waals surface area contributed by atoms with E-state index in [1.54, 1.807) is 12.1 Å². The first-order chi connectivity index (χ1) is 11.0. The van der Waals surface area contributed by atoms with E-state index >= 15 is 0 Å². The van der Waals surface area contributed by atoms with Gasteiger partial charge in [0.05, 0.1) is 0 Å². The zero-order valence-electron chi connectivity index (χ0n) is 13.2. The van der Waals surface area contributed by atoms with Gasteiger partial charge in [-0.15, -0.1) is 0 Å². The molecule has 23 heavy (non-hydrogen) atoms. The van der Waals surface area contributed by atoms with Crippen molar-refractivity contribution < 1.29 is 14.3 Å². The molecule has 1 aromatic carbocycles. The predicted octanol–water partition coefficient (Wildman–Crippen LogP) is 1.48. The van der Waals surface area contributed by atoms with E-state index < -0.39 is 5.97 Å². The Morgan fingerprint density at radius 3 is 2.52 bits per heavy atom. The Kier molecular flexibility index (Phi) is 5.36. The zero-order valence-corrected chi connectivity index (χ0v) is 13.2. The Hall–Kier alpha value is -2.81. The van der Waals surface area contributed by atoms with Gasteiger partial charge in [-0.2, -0.15) is 5.26 Å². The second kappa shape index (κ2) is 7.45. The number of ether oxygens (including phenoxy) is 1. The maximum atomic E-state index is 11.9. The molecule has 2 rings (SSSR count). The molecule has 120 valence electrons. The third-order valence-corrected chi connectivity index (χ3v) is 3.34. The molecule has 1 N–H and O–H groups in total. The molecule has 0 saturated heterocycles. The van der Waals surface area contributed by atoms with Crippen molar-refractivity contribution >= 4 is 23.6 Å². The number of nitrogens with zero attached hydrogens (tertiary/aromatic N) is 2. The lowest BCUT2D eigenvalue weighted by atomic mass is 10.1. The third kappa shape index (κ3) is 5.15. The summed E-state index contributed by atoms with van der Waals surface area (Å²) >= 11 is 0. The Morgan fingerprint density at radius 2 is 2.00 bits per heavy atom. The molecular formula is C17H19N3O3. The van der Waals surface area contributed by atoms with Gasteiger partial charge in [-0.1, -0.05) is 12.1 Å². The zero-order chi connectivity index (χ0) is 16.8. The van der Waals surface area contributed by atoms with Gasteiger partial charge >= 0.3 is 5.97 Å². The molecule has 0 unspecified atom stereocenters. The molecule has 1 amide bonds. The van der Waals surface area contributed by atoms with E-state index in [1.807, 2.05) is 37.2 Å². The minimum Gasteiger partial charge on any atom is -0.451 e. The van der Waals surface area contributed by atoms with Crippen molar-refractivity contribution in [2.45, 2.75) is 18.9 Å². The molecule has 6 nitrogen and oxygen atoms in total. The summed E-state index contributed by atoms with van der Waals surface area (Å²) in [6, 6.07) is 9.40. The van der Waals surface area contributed by atoms with Crippen LogP contribution in [0.15, 0.2) is 29.8 Å². The van der Waals surface area contributed by atoms with E-state index in [0.29, 0.717) is 5.56 Å². The van der Waals surface area contributed by atoms with Crippen molar-refractivity contribution in [3.8, 4) is 6.07 Å². The number of carbonyl (C=O) groups is 2. The molecule has 0 aliphatic heterocycles. The largest absolute Gasteiger partial charge is 0.451 e. The van der Waals surface area contributed by atoms with Crippen LogP contribution in [0.1, 0.15) is 18.4 Å². The highest BCUT2D eigenvalue weighted by molar-refractivity contribution is 5.98. The van der Waals surface area contributed by atoms with Crippen LogP contribution in [0.4, 0.5) is 5.69 Å². The number of nitriles is 1.